The summed E-state index contributed by atoms with van der Waals surface area (Å²) in [5, 5.41) is 3.45. The highest BCUT2D eigenvalue weighted by Gasteiger charge is 2.20. The van der Waals surface area contributed by atoms with Crippen molar-refractivity contribution in [3.8, 4) is 0 Å². The fourth-order valence-electron chi connectivity index (χ4n) is 2.14. The molecule has 2 rings (SSSR count). The maximum atomic E-state index is 12.5. The molecule has 2 N–H and O–H groups in total. The first-order valence-electron chi connectivity index (χ1n) is 7.04. The number of carbonyl (C=O) groups is 1. The summed E-state index contributed by atoms with van der Waals surface area (Å²) in [7, 11) is -3.73. The molecule has 0 aromatic heterocycles. The lowest BCUT2D eigenvalue weighted by Crippen LogP contribution is -2.27. The summed E-state index contributed by atoms with van der Waals surface area (Å²) in [5.41, 5.74) is 1.15. The molecule has 0 saturated heterocycles. The van der Waals surface area contributed by atoms with Crippen LogP contribution in [0.3, 0.4) is 0 Å². The molecule has 1 amide bonds. The lowest BCUT2D eigenvalue weighted by atomic mass is 10.1. The minimum absolute atomic E-state index is 0.0912. The van der Waals surface area contributed by atoms with Gasteiger partial charge in [0.15, 0.2) is 0 Å². The quantitative estimate of drug-likeness (QED) is 0.815. The summed E-state index contributed by atoms with van der Waals surface area (Å²) in [6.07, 6.45) is 0. The Kier molecular flexibility index (Phi) is 5.87. The van der Waals surface area contributed by atoms with Crippen molar-refractivity contribution in [2.45, 2.75) is 24.8 Å². The lowest BCUT2D eigenvalue weighted by Gasteiger charge is -2.16. The van der Waals surface area contributed by atoms with Crippen molar-refractivity contribution in [3.05, 3.63) is 58.1 Å². The first kappa shape index (κ1) is 18.7. The van der Waals surface area contributed by atoms with Crippen LogP contribution in [0.25, 0.3) is 0 Å². The fraction of sp³-hybridized carbons (Fsp3) is 0.188. The minimum Gasteiger partial charge on any atom is -0.326 e. The SMILES string of the molecule is CC(=O)Nc1ccc(S(=O)(=O)NC(C)c2ccc(Cl)cc2Cl)cc1. The van der Waals surface area contributed by atoms with E-state index in [1.54, 1.807) is 25.1 Å². The molecule has 128 valence electrons. The minimum atomic E-state index is -3.73. The first-order valence-corrected chi connectivity index (χ1v) is 9.28. The number of hydrogen-bond acceptors (Lipinski definition) is 3. The number of carbonyl (C=O) groups excluding carboxylic acids is 1. The van der Waals surface area contributed by atoms with E-state index in [1.807, 2.05) is 0 Å². The van der Waals surface area contributed by atoms with Gasteiger partial charge in [0.2, 0.25) is 15.9 Å². The van der Waals surface area contributed by atoms with Crippen molar-refractivity contribution in [2.24, 2.45) is 0 Å². The Bertz CT molecular complexity index is 852. The second-order valence-corrected chi connectivity index (χ2v) is 7.77. The first-order chi connectivity index (χ1) is 11.2. The zero-order valence-corrected chi connectivity index (χ0v) is 15.3. The van der Waals surface area contributed by atoms with Gasteiger partial charge in [-0.1, -0.05) is 29.3 Å². The van der Waals surface area contributed by atoms with Gasteiger partial charge in [0.1, 0.15) is 0 Å². The van der Waals surface area contributed by atoms with E-state index >= 15 is 0 Å². The smallest absolute Gasteiger partial charge is 0.241 e. The Morgan fingerprint density at radius 1 is 1.08 bits per heavy atom. The Morgan fingerprint density at radius 3 is 2.25 bits per heavy atom. The van der Waals surface area contributed by atoms with Crippen LogP contribution in [0.4, 0.5) is 5.69 Å². The van der Waals surface area contributed by atoms with Crippen LogP contribution in [0.1, 0.15) is 25.5 Å². The molecule has 1 unspecified atom stereocenters. The average molecular weight is 387 g/mol. The monoisotopic (exact) mass is 386 g/mol. The zero-order chi connectivity index (χ0) is 17.9. The molecule has 0 spiro atoms. The van der Waals surface area contributed by atoms with E-state index in [0.717, 1.165) is 0 Å². The van der Waals surface area contributed by atoms with Gasteiger partial charge in [-0.2, -0.15) is 0 Å². The Labute approximate surface area is 151 Å². The summed E-state index contributed by atoms with van der Waals surface area (Å²) in [4.78, 5) is 11.1. The standard InChI is InChI=1S/C16H16Cl2N2O3S/c1-10(15-8-3-12(17)9-16(15)18)20-24(22,23)14-6-4-13(5-7-14)19-11(2)21/h3-10,20H,1-2H3,(H,19,21). The molecular weight excluding hydrogens is 371 g/mol. The van der Waals surface area contributed by atoms with E-state index in [0.29, 0.717) is 21.3 Å². The molecule has 0 saturated carbocycles. The summed E-state index contributed by atoms with van der Waals surface area (Å²) in [6, 6.07) is 10.2. The van der Waals surface area contributed by atoms with E-state index in [2.05, 4.69) is 10.0 Å². The largest absolute Gasteiger partial charge is 0.326 e. The maximum Gasteiger partial charge on any atom is 0.241 e. The van der Waals surface area contributed by atoms with Gasteiger partial charge < -0.3 is 5.32 Å². The average Bonchev–Trinajstić information content (AvgIpc) is 2.46. The van der Waals surface area contributed by atoms with Gasteiger partial charge in [0, 0.05) is 28.7 Å². The molecule has 2 aromatic rings. The van der Waals surface area contributed by atoms with Crippen molar-refractivity contribution in [2.75, 3.05) is 5.32 Å². The summed E-state index contributed by atoms with van der Waals surface area (Å²) >= 11 is 12.0. The van der Waals surface area contributed by atoms with Crippen LogP contribution >= 0.6 is 23.2 Å². The predicted molar refractivity (Wildman–Crippen MR) is 95.9 cm³/mol. The zero-order valence-electron chi connectivity index (χ0n) is 13.0. The number of halogens is 2. The van der Waals surface area contributed by atoms with E-state index in [4.69, 9.17) is 23.2 Å². The molecule has 0 aliphatic rings. The van der Waals surface area contributed by atoms with E-state index in [1.165, 1.54) is 31.2 Å². The molecule has 0 aliphatic carbocycles. The number of amides is 1. The normalized spacial score (nSPS) is 12.7. The lowest BCUT2D eigenvalue weighted by molar-refractivity contribution is -0.114. The van der Waals surface area contributed by atoms with Crippen LogP contribution in [0.15, 0.2) is 47.4 Å². The predicted octanol–water partition coefficient (Wildman–Crippen LogP) is 3.99. The van der Waals surface area contributed by atoms with Gasteiger partial charge in [0.05, 0.1) is 4.90 Å². The number of sulfonamides is 1. The van der Waals surface area contributed by atoms with Gasteiger partial charge >= 0.3 is 0 Å². The van der Waals surface area contributed by atoms with Crippen LogP contribution < -0.4 is 10.0 Å². The Hall–Kier alpha value is -1.60. The molecule has 0 fully saturated rings. The molecule has 0 heterocycles. The number of hydrogen-bond donors (Lipinski definition) is 2. The van der Waals surface area contributed by atoms with Crippen LogP contribution in [-0.2, 0) is 14.8 Å². The van der Waals surface area contributed by atoms with E-state index in [-0.39, 0.29) is 10.8 Å². The second-order valence-electron chi connectivity index (χ2n) is 5.21. The van der Waals surface area contributed by atoms with Crippen LogP contribution in [-0.4, -0.2) is 14.3 Å². The highest BCUT2D eigenvalue weighted by atomic mass is 35.5. The number of nitrogens with one attached hydrogen (secondary N) is 2. The van der Waals surface area contributed by atoms with E-state index in [9.17, 15) is 13.2 Å². The Balaban J connectivity index is 2.19. The summed E-state index contributed by atoms with van der Waals surface area (Å²) < 4.78 is 27.5. The van der Waals surface area contributed by atoms with Gasteiger partial charge in [-0.15, -0.1) is 0 Å². The van der Waals surface area contributed by atoms with Crippen LogP contribution in [0, 0.1) is 0 Å². The molecule has 0 aliphatic heterocycles. The third-order valence-corrected chi connectivity index (χ3v) is 5.36. The third-order valence-electron chi connectivity index (χ3n) is 3.25. The maximum absolute atomic E-state index is 12.5. The van der Waals surface area contributed by atoms with Crippen molar-refractivity contribution < 1.29 is 13.2 Å². The highest BCUT2D eigenvalue weighted by Crippen LogP contribution is 2.27. The molecule has 0 radical (unpaired) electrons. The van der Waals surface area contributed by atoms with Gasteiger partial charge in [0.25, 0.3) is 0 Å². The topological polar surface area (TPSA) is 75.3 Å². The molecular formula is C16H16Cl2N2O3S. The molecule has 24 heavy (non-hydrogen) atoms. The van der Waals surface area contributed by atoms with Crippen molar-refractivity contribution in [3.63, 3.8) is 0 Å². The van der Waals surface area contributed by atoms with E-state index < -0.39 is 16.1 Å². The highest BCUT2D eigenvalue weighted by molar-refractivity contribution is 7.89. The second kappa shape index (κ2) is 7.53. The molecule has 5 nitrogen and oxygen atoms in total. The van der Waals surface area contributed by atoms with Crippen molar-refractivity contribution in [1.82, 2.24) is 4.72 Å². The summed E-state index contributed by atoms with van der Waals surface area (Å²) in [5.74, 6) is -0.227. The summed E-state index contributed by atoms with van der Waals surface area (Å²) in [6.45, 7) is 3.07. The Morgan fingerprint density at radius 2 is 1.71 bits per heavy atom. The number of anilines is 1. The molecule has 1 atom stereocenters. The fourth-order valence-corrected chi connectivity index (χ4v) is 3.93. The number of rotatable bonds is 5. The van der Waals surface area contributed by atoms with Gasteiger partial charge in [-0.25, -0.2) is 13.1 Å². The molecule has 2 aromatic carbocycles. The molecule has 0 bridgehead atoms. The van der Waals surface area contributed by atoms with Crippen LogP contribution in [0.2, 0.25) is 10.0 Å². The number of benzene rings is 2. The van der Waals surface area contributed by atoms with Crippen molar-refractivity contribution in [1.29, 1.82) is 0 Å². The molecule has 8 heteroatoms. The van der Waals surface area contributed by atoms with Gasteiger partial charge in [-0.05, 0) is 48.9 Å². The third kappa shape index (κ3) is 4.70. The van der Waals surface area contributed by atoms with Crippen molar-refractivity contribution >= 4 is 44.8 Å². The van der Waals surface area contributed by atoms with Gasteiger partial charge in [-0.3, -0.25) is 4.79 Å². The van der Waals surface area contributed by atoms with Crippen LogP contribution in [0.5, 0.6) is 0 Å².